The zero-order chi connectivity index (χ0) is 16.6. The highest BCUT2D eigenvalue weighted by atomic mass is 16.2. The third-order valence-electron chi connectivity index (χ3n) is 5.00. The molecule has 2 atom stereocenters. The molecule has 0 spiro atoms. The van der Waals surface area contributed by atoms with Crippen molar-refractivity contribution < 1.29 is 9.59 Å². The molecule has 2 heterocycles. The van der Waals surface area contributed by atoms with Gasteiger partial charge in [-0.2, -0.15) is 0 Å². The van der Waals surface area contributed by atoms with Gasteiger partial charge < -0.3 is 9.80 Å². The van der Waals surface area contributed by atoms with E-state index in [1.807, 2.05) is 36.1 Å². The predicted octanol–water partition coefficient (Wildman–Crippen LogP) is 2.72. The molecule has 0 aromatic heterocycles. The molecule has 0 aliphatic carbocycles. The van der Waals surface area contributed by atoms with E-state index in [0.717, 1.165) is 25.8 Å². The topological polar surface area (TPSA) is 40.6 Å². The first-order chi connectivity index (χ1) is 11.0. The number of piperazine rings is 1. The second-order valence-electron chi connectivity index (χ2n) is 7.26. The van der Waals surface area contributed by atoms with Crippen LogP contribution in [0.15, 0.2) is 24.3 Å². The van der Waals surface area contributed by atoms with E-state index in [-0.39, 0.29) is 23.9 Å². The monoisotopic (exact) mass is 314 g/mol. The van der Waals surface area contributed by atoms with E-state index in [1.165, 1.54) is 5.56 Å². The van der Waals surface area contributed by atoms with Crippen LogP contribution in [0.4, 0.5) is 0 Å². The molecule has 0 radical (unpaired) electrons. The minimum Gasteiger partial charge on any atom is -0.336 e. The first-order valence-corrected chi connectivity index (χ1v) is 8.67. The maximum absolute atomic E-state index is 12.8. The molecule has 2 fully saturated rings. The van der Waals surface area contributed by atoms with Gasteiger partial charge in [-0.15, -0.1) is 0 Å². The summed E-state index contributed by atoms with van der Waals surface area (Å²) in [5, 5.41) is 0. The lowest BCUT2D eigenvalue weighted by Gasteiger charge is -2.41. The molecule has 23 heavy (non-hydrogen) atoms. The summed E-state index contributed by atoms with van der Waals surface area (Å²) in [6.07, 6.45) is 3.08. The maximum atomic E-state index is 12.8. The van der Waals surface area contributed by atoms with E-state index >= 15 is 0 Å². The van der Waals surface area contributed by atoms with Gasteiger partial charge in [-0.1, -0.05) is 26.0 Å². The summed E-state index contributed by atoms with van der Waals surface area (Å²) in [6, 6.07) is 7.73. The Balaban J connectivity index is 1.75. The number of carbonyl (C=O) groups is 2. The summed E-state index contributed by atoms with van der Waals surface area (Å²) >= 11 is 0. The number of hydrogen-bond donors (Lipinski definition) is 0. The molecule has 0 bridgehead atoms. The fourth-order valence-electron chi connectivity index (χ4n) is 3.75. The molecule has 4 heteroatoms. The Morgan fingerprint density at radius 1 is 1.26 bits per heavy atom. The van der Waals surface area contributed by atoms with Crippen LogP contribution < -0.4 is 0 Å². The minimum absolute atomic E-state index is 0.0199. The summed E-state index contributed by atoms with van der Waals surface area (Å²) in [7, 11) is 0. The second-order valence-corrected chi connectivity index (χ2v) is 7.26. The first-order valence-electron chi connectivity index (χ1n) is 8.67. The normalized spacial score (nSPS) is 24.3. The Morgan fingerprint density at radius 3 is 2.61 bits per heavy atom. The number of nitrogens with zero attached hydrogens (tertiary/aromatic N) is 2. The molecular weight excluding hydrogens is 288 g/mol. The number of benzene rings is 1. The fourth-order valence-corrected chi connectivity index (χ4v) is 3.75. The standard InChI is InChI=1S/C19H26N2O2/c1-13(2)11-15-6-8-16(9-7-15)19(23)21-12-17-5-4-10-20(17)18(22)14(21)3/h6-9,13-14,17H,4-5,10-12H2,1-3H3/t14-,17+/m1/s1. The second kappa shape index (κ2) is 6.34. The van der Waals surface area contributed by atoms with Crippen molar-refractivity contribution >= 4 is 11.8 Å². The molecule has 0 N–H and O–H groups in total. The van der Waals surface area contributed by atoms with Crippen LogP contribution in [0.5, 0.6) is 0 Å². The van der Waals surface area contributed by atoms with Gasteiger partial charge in [0.15, 0.2) is 0 Å². The maximum Gasteiger partial charge on any atom is 0.254 e. The van der Waals surface area contributed by atoms with Crippen LogP contribution in [0.2, 0.25) is 0 Å². The summed E-state index contributed by atoms with van der Waals surface area (Å²) in [5.41, 5.74) is 1.94. The van der Waals surface area contributed by atoms with Crippen LogP contribution in [0.25, 0.3) is 0 Å². The van der Waals surface area contributed by atoms with Crippen molar-refractivity contribution in [1.29, 1.82) is 0 Å². The smallest absolute Gasteiger partial charge is 0.254 e. The van der Waals surface area contributed by atoms with E-state index in [0.29, 0.717) is 18.0 Å². The molecule has 0 saturated carbocycles. The summed E-state index contributed by atoms with van der Waals surface area (Å²) in [4.78, 5) is 29.0. The largest absolute Gasteiger partial charge is 0.336 e. The number of carbonyl (C=O) groups excluding carboxylic acids is 2. The molecular formula is C19H26N2O2. The van der Waals surface area contributed by atoms with E-state index in [1.54, 1.807) is 4.90 Å². The summed E-state index contributed by atoms with van der Waals surface area (Å²) in [6.45, 7) is 7.74. The van der Waals surface area contributed by atoms with Crippen LogP contribution in [-0.4, -0.2) is 46.8 Å². The molecule has 1 aromatic rings. The van der Waals surface area contributed by atoms with Gasteiger partial charge in [0.25, 0.3) is 5.91 Å². The van der Waals surface area contributed by atoms with Gasteiger partial charge in [-0.25, -0.2) is 0 Å². The van der Waals surface area contributed by atoms with Crippen LogP contribution >= 0.6 is 0 Å². The Morgan fingerprint density at radius 2 is 1.96 bits per heavy atom. The van der Waals surface area contributed by atoms with Crippen molar-refractivity contribution in [3.63, 3.8) is 0 Å². The average Bonchev–Trinajstić information content (AvgIpc) is 2.99. The molecule has 0 unspecified atom stereocenters. The van der Waals surface area contributed by atoms with Crippen LogP contribution in [-0.2, 0) is 11.2 Å². The number of fused-ring (bicyclic) bond motifs is 1. The Kier molecular flexibility index (Phi) is 4.42. The van der Waals surface area contributed by atoms with Crippen molar-refractivity contribution in [3.05, 3.63) is 35.4 Å². The lowest BCUT2D eigenvalue weighted by atomic mass is 10.0. The van der Waals surface area contributed by atoms with Crippen molar-refractivity contribution in [1.82, 2.24) is 9.80 Å². The van der Waals surface area contributed by atoms with Crippen molar-refractivity contribution in [2.75, 3.05) is 13.1 Å². The van der Waals surface area contributed by atoms with Gasteiger partial charge in [0.05, 0.1) is 0 Å². The van der Waals surface area contributed by atoms with Crippen molar-refractivity contribution in [3.8, 4) is 0 Å². The highest BCUT2D eigenvalue weighted by Gasteiger charge is 2.42. The predicted molar refractivity (Wildman–Crippen MR) is 90.2 cm³/mol. The Hall–Kier alpha value is -1.84. The quantitative estimate of drug-likeness (QED) is 0.861. The Bertz CT molecular complexity index is 594. The lowest BCUT2D eigenvalue weighted by molar-refractivity contribution is -0.141. The molecule has 124 valence electrons. The number of amides is 2. The summed E-state index contributed by atoms with van der Waals surface area (Å²) in [5.74, 6) is 0.682. The Labute approximate surface area is 138 Å². The molecule has 2 aliphatic heterocycles. The molecule has 1 aromatic carbocycles. The van der Waals surface area contributed by atoms with E-state index in [9.17, 15) is 9.59 Å². The van der Waals surface area contributed by atoms with Gasteiger partial charge in [-0.05, 0) is 49.8 Å². The van der Waals surface area contributed by atoms with Gasteiger partial charge in [0.2, 0.25) is 5.91 Å². The molecule has 2 aliphatic rings. The van der Waals surface area contributed by atoms with Crippen LogP contribution in [0.3, 0.4) is 0 Å². The third-order valence-corrected chi connectivity index (χ3v) is 5.00. The highest BCUT2D eigenvalue weighted by molar-refractivity contribution is 5.98. The molecule has 4 nitrogen and oxygen atoms in total. The highest BCUT2D eigenvalue weighted by Crippen LogP contribution is 2.26. The minimum atomic E-state index is -0.354. The third kappa shape index (κ3) is 3.12. The lowest BCUT2D eigenvalue weighted by Crippen LogP contribution is -2.60. The van der Waals surface area contributed by atoms with Crippen molar-refractivity contribution in [2.45, 2.75) is 52.1 Å². The van der Waals surface area contributed by atoms with Gasteiger partial charge in [0.1, 0.15) is 6.04 Å². The van der Waals surface area contributed by atoms with Gasteiger partial charge >= 0.3 is 0 Å². The molecule has 2 saturated heterocycles. The van der Waals surface area contributed by atoms with Crippen molar-refractivity contribution in [2.24, 2.45) is 5.92 Å². The SMILES string of the molecule is CC(C)Cc1ccc(C(=O)N2C[C@@H]3CCCN3C(=O)[C@H]2C)cc1. The number of rotatable bonds is 3. The van der Waals surface area contributed by atoms with Crippen LogP contribution in [0.1, 0.15) is 49.5 Å². The molecule has 2 amide bonds. The van der Waals surface area contributed by atoms with E-state index in [2.05, 4.69) is 13.8 Å². The zero-order valence-corrected chi connectivity index (χ0v) is 14.3. The number of hydrogen-bond acceptors (Lipinski definition) is 2. The van der Waals surface area contributed by atoms with Gasteiger partial charge in [-0.3, -0.25) is 9.59 Å². The van der Waals surface area contributed by atoms with E-state index in [4.69, 9.17) is 0 Å². The fraction of sp³-hybridized carbons (Fsp3) is 0.579. The summed E-state index contributed by atoms with van der Waals surface area (Å²) < 4.78 is 0. The first kappa shape index (κ1) is 16.0. The zero-order valence-electron chi connectivity index (χ0n) is 14.3. The van der Waals surface area contributed by atoms with Crippen LogP contribution in [0, 0.1) is 5.92 Å². The van der Waals surface area contributed by atoms with E-state index < -0.39 is 0 Å². The molecule has 3 rings (SSSR count). The van der Waals surface area contributed by atoms with Gasteiger partial charge in [0, 0.05) is 24.7 Å². The average molecular weight is 314 g/mol.